The van der Waals surface area contributed by atoms with Crippen LogP contribution in [-0.4, -0.2) is 19.2 Å². The molecule has 0 fully saturated rings. The maximum absolute atomic E-state index is 5.79. The Labute approximate surface area is 102 Å². The summed E-state index contributed by atoms with van der Waals surface area (Å²) in [6.45, 7) is 9.50. The Balaban J connectivity index is 2.48. The van der Waals surface area contributed by atoms with Gasteiger partial charge in [-0.2, -0.15) is 0 Å². The summed E-state index contributed by atoms with van der Waals surface area (Å²) in [5.74, 6) is 0.827. The largest absolute Gasteiger partial charge is 0.492 e. The van der Waals surface area contributed by atoms with Crippen LogP contribution < -0.4 is 10.1 Å². The third-order valence-electron chi connectivity index (χ3n) is 2.28. The van der Waals surface area contributed by atoms with E-state index in [-0.39, 0.29) is 6.04 Å². The second kappa shape index (κ2) is 6.56. The summed E-state index contributed by atoms with van der Waals surface area (Å²) in [5, 5.41) is 4.03. The van der Waals surface area contributed by atoms with Gasteiger partial charge in [-0.05, 0) is 37.7 Å². The number of hydrogen-bond acceptors (Lipinski definition) is 2. The Bertz CT molecular complexity index is 334. The van der Waals surface area contributed by atoms with E-state index in [1.165, 1.54) is 0 Å². The third-order valence-corrected chi connectivity index (χ3v) is 2.53. The maximum atomic E-state index is 5.79. The van der Waals surface area contributed by atoms with Crippen molar-refractivity contribution in [2.24, 2.45) is 0 Å². The zero-order chi connectivity index (χ0) is 12.0. The molecule has 0 amide bonds. The zero-order valence-corrected chi connectivity index (χ0v) is 10.6. The standard InChI is InChI=1S/C13H18ClNO/c1-4-15-13(10(2)3)9-16-12-7-5-11(14)6-8-12/h5-8,13,15H,2,4,9H2,1,3H3. The lowest BCUT2D eigenvalue weighted by atomic mass is 10.1. The van der Waals surface area contributed by atoms with Crippen molar-refractivity contribution in [1.29, 1.82) is 0 Å². The summed E-state index contributed by atoms with van der Waals surface area (Å²) < 4.78 is 5.66. The lowest BCUT2D eigenvalue weighted by molar-refractivity contribution is 0.282. The highest BCUT2D eigenvalue weighted by molar-refractivity contribution is 6.30. The average molecular weight is 240 g/mol. The van der Waals surface area contributed by atoms with Gasteiger partial charge in [0.05, 0.1) is 6.04 Å². The van der Waals surface area contributed by atoms with Crippen molar-refractivity contribution in [3.63, 3.8) is 0 Å². The topological polar surface area (TPSA) is 21.3 Å². The quantitative estimate of drug-likeness (QED) is 0.770. The molecule has 0 spiro atoms. The lowest BCUT2D eigenvalue weighted by Gasteiger charge is -2.18. The summed E-state index contributed by atoms with van der Waals surface area (Å²) in [5.41, 5.74) is 1.08. The molecule has 1 N–H and O–H groups in total. The van der Waals surface area contributed by atoms with Crippen molar-refractivity contribution < 1.29 is 4.74 Å². The molecule has 1 atom stereocenters. The predicted molar refractivity (Wildman–Crippen MR) is 69.2 cm³/mol. The minimum absolute atomic E-state index is 0.195. The van der Waals surface area contributed by atoms with Gasteiger partial charge in [-0.1, -0.05) is 30.7 Å². The monoisotopic (exact) mass is 239 g/mol. The third kappa shape index (κ3) is 4.25. The fourth-order valence-electron chi connectivity index (χ4n) is 1.33. The van der Waals surface area contributed by atoms with Crippen LogP contribution in [0.5, 0.6) is 5.75 Å². The number of halogens is 1. The van der Waals surface area contributed by atoms with E-state index in [2.05, 4.69) is 18.8 Å². The van der Waals surface area contributed by atoms with Gasteiger partial charge in [-0.15, -0.1) is 0 Å². The van der Waals surface area contributed by atoms with Gasteiger partial charge in [-0.3, -0.25) is 0 Å². The highest BCUT2D eigenvalue weighted by Gasteiger charge is 2.08. The number of ether oxygens (including phenoxy) is 1. The van der Waals surface area contributed by atoms with Crippen LogP contribution in [0.25, 0.3) is 0 Å². The number of rotatable bonds is 6. The van der Waals surface area contributed by atoms with Gasteiger partial charge in [0.25, 0.3) is 0 Å². The number of likely N-dealkylation sites (N-methyl/N-ethyl adjacent to an activating group) is 1. The average Bonchev–Trinajstić information content (AvgIpc) is 2.26. The van der Waals surface area contributed by atoms with Crippen molar-refractivity contribution in [3.05, 3.63) is 41.4 Å². The fraction of sp³-hybridized carbons (Fsp3) is 0.385. The van der Waals surface area contributed by atoms with Crippen LogP contribution in [0.2, 0.25) is 5.02 Å². The predicted octanol–water partition coefficient (Wildman–Crippen LogP) is 3.27. The smallest absolute Gasteiger partial charge is 0.119 e. The van der Waals surface area contributed by atoms with Gasteiger partial charge >= 0.3 is 0 Å². The normalized spacial score (nSPS) is 12.2. The summed E-state index contributed by atoms with van der Waals surface area (Å²) >= 11 is 5.79. The highest BCUT2D eigenvalue weighted by atomic mass is 35.5. The van der Waals surface area contributed by atoms with Crippen LogP contribution >= 0.6 is 11.6 Å². The molecule has 0 saturated heterocycles. The summed E-state index contributed by atoms with van der Waals surface area (Å²) in [7, 11) is 0. The second-order valence-electron chi connectivity index (χ2n) is 3.72. The Morgan fingerprint density at radius 2 is 2.06 bits per heavy atom. The van der Waals surface area contributed by atoms with Crippen molar-refractivity contribution in [3.8, 4) is 5.75 Å². The van der Waals surface area contributed by atoms with Gasteiger partial charge in [0.2, 0.25) is 0 Å². The minimum Gasteiger partial charge on any atom is -0.492 e. The van der Waals surface area contributed by atoms with E-state index in [0.29, 0.717) is 6.61 Å². The molecule has 2 nitrogen and oxygen atoms in total. The maximum Gasteiger partial charge on any atom is 0.119 e. The van der Waals surface area contributed by atoms with E-state index in [0.717, 1.165) is 22.9 Å². The van der Waals surface area contributed by atoms with Crippen molar-refractivity contribution in [2.75, 3.05) is 13.2 Å². The Morgan fingerprint density at radius 3 is 2.56 bits per heavy atom. The molecule has 0 heterocycles. The van der Waals surface area contributed by atoms with Gasteiger partial charge in [0.15, 0.2) is 0 Å². The summed E-state index contributed by atoms with van der Waals surface area (Å²) in [6, 6.07) is 7.56. The molecule has 0 aliphatic rings. The molecule has 0 aromatic heterocycles. The van der Waals surface area contributed by atoms with E-state index in [1.807, 2.05) is 31.2 Å². The van der Waals surface area contributed by atoms with Crippen LogP contribution in [0.4, 0.5) is 0 Å². The Kier molecular flexibility index (Phi) is 5.36. The Morgan fingerprint density at radius 1 is 1.44 bits per heavy atom. The molecule has 0 aliphatic carbocycles. The number of nitrogens with one attached hydrogen (secondary N) is 1. The van der Waals surface area contributed by atoms with E-state index in [1.54, 1.807) is 0 Å². The molecule has 1 unspecified atom stereocenters. The van der Waals surface area contributed by atoms with Crippen LogP contribution in [0, 0.1) is 0 Å². The zero-order valence-electron chi connectivity index (χ0n) is 9.79. The van der Waals surface area contributed by atoms with Crippen molar-refractivity contribution in [1.82, 2.24) is 5.32 Å². The molecule has 1 aromatic rings. The first-order chi connectivity index (χ1) is 7.63. The summed E-state index contributed by atoms with van der Waals surface area (Å²) in [4.78, 5) is 0. The molecule has 1 rings (SSSR count). The molecule has 88 valence electrons. The van der Waals surface area contributed by atoms with E-state index in [9.17, 15) is 0 Å². The molecule has 0 bridgehead atoms. The summed E-state index contributed by atoms with van der Waals surface area (Å²) in [6.07, 6.45) is 0. The fourth-order valence-corrected chi connectivity index (χ4v) is 1.46. The molecular weight excluding hydrogens is 222 g/mol. The number of benzene rings is 1. The molecule has 0 aliphatic heterocycles. The van der Waals surface area contributed by atoms with Gasteiger partial charge in [0, 0.05) is 5.02 Å². The van der Waals surface area contributed by atoms with Crippen LogP contribution in [0.15, 0.2) is 36.4 Å². The molecule has 16 heavy (non-hydrogen) atoms. The van der Waals surface area contributed by atoms with Crippen molar-refractivity contribution >= 4 is 11.6 Å². The molecule has 0 radical (unpaired) electrons. The first kappa shape index (κ1) is 13.1. The lowest BCUT2D eigenvalue weighted by Crippen LogP contribution is -2.35. The molecular formula is C13H18ClNO. The second-order valence-corrected chi connectivity index (χ2v) is 4.16. The molecule has 3 heteroatoms. The first-order valence-corrected chi connectivity index (χ1v) is 5.78. The van der Waals surface area contributed by atoms with Crippen molar-refractivity contribution in [2.45, 2.75) is 19.9 Å². The molecule has 0 saturated carbocycles. The van der Waals surface area contributed by atoms with Gasteiger partial charge in [-0.25, -0.2) is 0 Å². The SMILES string of the molecule is C=C(C)C(COc1ccc(Cl)cc1)NCC. The van der Waals surface area contributed by atoms with Gasteiger partial charge < -0.3 is 10.1 Å². The molecule has 1 aromatic carbocycles. The highest BCUT2D eigenvalue weighted by Crippen LogP contribution is 2.16. The van der Waals surface area contributed by atoms with Crippen LogP contribution in [0.1, 0.15) is 13.8 Å². The van der Waals surface area contributed by atoms with Crippen LogP contribution in [0.3, 0.4) is 0 Å². The van der Waals surface area contributed by atoms with Gasteiger partial charge in [0.1, 0.15) is 12.4 Å². The Hall–Kier alpha value is -0.990. The van der Waals surface area contributed by atoms with E-state index < -0.39 is 0 Å². The van der Waals surface area contributed by atoms with E-state index in [4.69, 9.17) is 16.3 Å². The van der Waals surface area contributed by atoms with E-state index >= 15 is 0 Å². The number of hydrogen-bond donors (Lipinski definition) is 1. The minimum atomic E-state index is 0.195. The van der Waals surface area contributed by atoms with Crippen LogP contribution in [-0.2, 0) is 0 Å². The first-order valence-electron chi connectivity index (χ1n) is 5.40.